The zero-order chi connectivity index (χ0) is 32.8. The molecule has 4 aromatic rings. The molecule has 2 N–H and O–H groups in total. The average Bonchev–Trinajstić information content (AvgIpc) is 3.59. The van der Waals surface area contributed by atoms with E-state index < -0.39 is 5.82 Å². The highest BCUT2D eigenvalue weighted by atomic mass is 19.1. The number of carbonyl (C=O) groups excluding carboxylic acids is 1. The molecule has 2 aliphatic heterocycles. The molecule has 0 unspecified atom stereocenters. The van der Waals surface area contributed by atoms with Gasteiger partial charge in [0.2, 0.25) is 5.91 Å². The highest BCUT2D eigenvalue weighted by molar-refractivity contribution is 6.02. The number of hydrogen-bond acceptors (Lipinski definition) is 11. The molecule has 12 nitrogen and oxygen atoms in total. The molecule has 1 atom stereocenters. The third kappa shape index (κ3) is 7.59. The molecule has 0 spiro atoms. The van der Waals surface area contributed by atoms with Crippen molar-refractivity contribution in [2.75, 3.05) is 67.5 Å². The molecule has 0 aliphatic carbocycles. The monoisotopic (exact) mass is 640 g/mol. The second-order valence-electron chi connectivity index (χ2n) is 11.2. The Hall–Kier alpha value is -5.27. The van der Waals surface area contributed by atoms with Crippen molar-refractivity contribution in [3.05, 3.63) is 96.9 Å². The zero-order valence-corrected chi connectivity index (χ0v) is 26.4. The van der Waals surface area contributed by atoms with E-state index in [1.807, 2.05) is 36.4 Å². The summed E-state index contributed by atoms with van der Waals surface area (Å²) in [6.45, 7) is 7.65. The topological polar surface area (TPSA) is 117 Å². The Morgan fingerprint density at radius 1 is 1.09 bits per heavy atom. The van der Waals surface area contributed by atoms with Gasteiger partial charge in [-0.1, -0.05) is 12.6 Å². The molecule has 47 heavy (non-hydrogen) atoms. The number of piperazine rings is 1. The Kier molecular flexibility index (Phi) is 9.74. The first-order valence-electron chi connectivity index (χ1n) is 15.3. The maximum Gasteiger partial charge on any atom is 0.247 e. The summed E-state index contributed by atoms with van der Waals surface area (Å²) in [5, 5.41) is 7.91. The van der Waals surface area contributed by atoms with Gasteiger partial charge in [0.05, 0.1) is 42.5 Å². The van der Waals surface area contributed by atoms with Crippen LogP contribution in [0.2, 0.25) is 0 Å². The largest absolute Gasteiger partial charge is 0.494 e. The van der Waals surface area contributed by atoms with Crippen LogP contribution in [0.3, 0.4) is 0 Å². The summed E-state index contributed by atoms with van der Waals surface area (Å²) >= 11 is 0. The number of anilines is 5. The van der Waals surface area contributed by atoms with E-state index in [2.05, 4.69) is 49.0 Å². The predicted molar refractivity (Wildman–Crippen MR) is 178 cm³/mol. The van der Waals surface area contributed by atoms with E-state index >= 15 is 0 Å². The number of hydrogen-bond donors (Lipinski definition) is 2. The van der Waals surface area contributed by atoms with Gasteiger partial charge in [-0.15, -0.1) is 0 Å². The van der Waals surface area contributed by atoms with Crippen LogP contribution in [0, 0.1) is 5.82 Å². The van der Waals surface area contributed by atoms with Gasteiger partial charge >= 0.3 is 0 Å². The van der Waals surface area contributed by atoms with Gasteiger partial charge in [-0.05, 0) is 49.0 Å². The van der Waals surface area contributed by atoms with Crippen molar-refractivity contribution in [3.8, 4) is 11.5 Å². The van der Waals surface area contributed by atoms with E-state index in [4.69, 9.17) is 14.3 Å². The fourth-order valence-electron chi connectivity index (χ4n) is 5.60. The zero-order valence-electron chi connectivity index (χ0n) is 26.4. The van der Waals surface area contributed by atoms with E-state index in [0.29, 0.717) is 53.1 Å². The van der Waals surface area contributed by atoms with Crippen LogP contribution in [0.25, 0.3) is 0 Å². The number of likely N-dealkylation sites (N-methyl/N-ethyl adjacent to an activating group) is 1. The number of nitrogens with zero attached hydrogens (tertiary/aromatic N) is 6. The molecule has 2 aromatic heterocycles. The molecule has 244 valence electrons. The van der Waals surface area contributed by atoms with Gasteiger partial charge in [-0.3, -0.25) is 14.6 Å². The van der Waals surface area contributed by atoms with Crippen LogP contribution in [0.1, 0.15) is 23.7 Å². The van der Waals surface area contributed by atoms with Crippen molar-refractivity contribution in [1.82, 2.24) is 19.9 Å². The fraction of sp³-hybridized carbons (Fsp3) is 0.294. The summed E-state index contributed by atoms with van der Waals surface area (Å²) < 4.78 is 26.4. The molecule has 2 fully saturated rings. The lowest BCUT2D eigenvalue weighted by Gasteiger charge is -2.35. The Bertz CT molecular complexity index is 1720. The molecular formula is C34H37FN8O4. The quantitative estimate of drug-likeness (QED) is 0.213. The first-order valence-corrected chi connectivity index (χ1v) is 15.3. The summed E-state index contributed by atoms with van der Waals surface area (Å²) in [5.74, 6) is 1.19. The van der Waals surface area contributed by atoms with Gasteiger partial charge in [-0.2, -0.15) is 0 Å². The molecule has 2 aliphatic rings. The summed E-state index contributed by atoms with van der Waals surface area (Å²) in [6.07, 6.45) is 4.97. The molecule has 0 bridgehead atoms. The Morgan fingerprint density at radius 3 is 2.70 bits per heavy atom. The normalized spacial score (nSPS) is 16.5. The van der Waals surface area contributed by atoms with Crippen LogP contribution in [0.4, 0.5) is 33.1 Å². The van der Waals surface area contributed by atoms with Crippen molar-refractivity contribution in [2.24, 2.45) is 0 Å². The Labute approximate surface area is 272 Å². The third-order valence-corrected chi connectivity index (χ3v) is 8.04. The highest BCUT2D eigenvalue weighted by Crippen LogP contribution is 2.40. The number of ether oxygens (including phenoxy) is 2. The molecule has 0 saturated carbocycles. The van der Waals surface area contributed by atoms with Crippen molar-refractivity contribution in [3.63, 3.8) is 0 Å². The van der Waals surface area contributed by atoms with Crippen LogP contribution in [0.15, 0.2) is 79.8 Å². The van der Waals surface area contributed by atoms with Gasteiger partial charge in [0.1, 0.15) is 36.1 Å². The molecule has 2 saturated heterocycles. The summed E-state index contributed by atoms with van der Waals surface area (Å²) in [7, 11) is 3.68. The minimum absolute atomic E-state index is 0.217. The van der Waals surface area contributed by atoms with Gasteiger partial charge in [-0.25, -0.2) is 19.4 Å². The molecule has 0 radical (unpaired) electrons. The SMILES string of the molecule is C=CC(=O)Nc1cc(Nc2cc(N3OCC[C@@H]3c3cc(F)cc(OCc4ccccn4)c3)ncn2)c(OC)cc1N1CCN(C)CC1. The maximum atomic E-state index is 14.8. The second kappa shape index (κ2) is 14.4. The summed E-state index contributed by atoms with van der Waals surface area (Å²) in [5.41, 5.74) is 3.49. The number of pyridine rings is 1. The number of methoxy groups -OCH3 is 1. The number of carbonyl (C=O) groups is 1. The number of amides is 1. The van der Waals surface area contributed by atoms with Crippen molar-refractivity contribution in [1.29, 1.82) is 0 Å². The molecule has 2 aromatic carbocycles. The van der Waals surface area contributed by atoms with E-state index in [1.54, 1.807) is 24.4 Å². The van der Waals surface area contributed by atoms with Gasteiger partial charge in [0.25, 0.3) is 0 Å². The van der Waals surface area contributed by atoms with E-state index in [1.165, 1.54) is 24.5 Å². The first kappa shape index (κ1) is 31.7. The first-order chi connectivity index (χ1) is 22.9. The lowest BCUT2D eigenvalue weighted by Crippen LogP contribution is -2.44. The maximum absolute atomic E-state index is 14.8. The summed E-state index contributed by atoms with van der Waals surface area (Å²) in [4.78, 5) is 36.0. The number of nitrogens with one attached hydrogen (secondary N) is 2. The van der Waals surface area contributed by atoms with Crippen molar-refractivity contribution < 1.29 is 23.5 Å². The number of rotatable bonds is 11. The molecule has 13 heteroatoms. The average molecular weight is 641 g/mol. The van der Waals surface area contributed by atoms with Gasteiger partial charge < -0.3 is 29.9 Å². The van der Waals surface area contributed by atoms with Crippen LogP contribution >= 0.6 is 0 Å². The molecule has 4 heterocycles. The Morgan fingerprint density at radius 2 is 1.94 bits per heavy atom. The lowest BCUT2D eigenvalue weighted by molar-refractivity contribution is -0.111. The van der Waals surface area contributed by atoms with E-state index in [9.17, 15) is 9.18 Å². The molecule has 6 rings (SSSR count). The van der Waals surface area contributed by atoms with Crippen LogP contribution in [-0.2, 0) is 16.2 Å². The van der Waals surface area contributed by atoms with Crippen LogP contribution in [0.5, 0.6) is 11.5 Å². The number of aromatic nitrogens is 3. The number of benzene rings is 2. The number of halogens is 1. The highest BCUT2D eigenvalue weighted by Gasteiger charge is 2.30. The van der Waals surface area contributed by atoms with E-state index in [-0.39, 0.29) is 18.6 Å². The van der Waals surface area contributed by atoms with Gasteiger partial charge in [0, 0.05) is 57.0 Å². The van der Waals surface area contributed by atoms with Gasteiger partial charge in [0.15, 0.2) is 5.82 Å². The van der Waals surface area contributed by atoms with Crippen molar-refractivity contribution >= 4 is 34.6 Å². The van der Waals surface area contributed by atoms with Crippen LogP contribution in [-0.4, -0.2) is 72.7 Å². The smallest absolute Gasteiger partial charge is 0.247 e. The minimum Gasteiger partial charge on any atom is -0.494 e. The standard InChI is InChI=1S/C34H37FN8O4/c1-4-34(44)40-27-18-28(31(45-3)19-30(27)42-12-10-41(2)11-13-42)39-32-20-33(38-22-37-32)43-29(8-14-47-43)23-15-24(35)17-26(16-23)46-21-25-7-5-6-9-36-25/h4-7,9,15-20,22,29H,1,8,10-14,21H2,2-3H3,(H,40,44)(H,37,38,39)/t29-/m1/s1. The minimum atomic E-state index is -0.415. The lowest BCUT2D eigenvalue weighted by atomic mass is 10.0. The fourth-order valence-corrected chi connectivity index (χ4v) is 5.60. The summed E-state index contributed by atoms with van der Waals surface area (Å²) in [6, 6.07) is 15.4. The predicted octanol–water partition coefficient (Wildman–Crippen LogP) is 5.10. The molecule has 1 amide bonds. The van der Waals surface area contributed by atoms with Crippen molar-refractivity contribution in [2.45, 2.75) is 19.1 Å². The van der Waals surface area contributed by atoms with Crippen LogP contribution < -0.4 is 30.1 Å². The van der Waals surface area contributed by atoms with E-state index in [0.717, 1.165) is 37.6 Å². The number of hydroxylamine groups is 1. The Balaban J connectivity index is 1.24. The molecular weight excluding hydrogens is 603 g/mol. The second-order valence-corrected chi connectivity index (χ2v) is 11.2. The third-order valence-electron chi connectivity index (χ3n) is 8.04.